The first-order valence-corrected chi connectivity index (χ1v) is 9.26. The molecule has 0 radical (unpaired) electrons. The molecule has 0 saturated carbocycles. The van der Waals surface area contributed by atoms with Gasteiger partial charge in [-0.2, -0.15) is 9.40 Å². The lowest BCUT2D eigenvalue weighted by Crippen LogP contribution is -2.38. The number of anilines is 1. The van der Waals surface area contributed by atoms with Gasteiger partial charge >= 0.3 is 0 Å². The number of nitrogens with two attached hydrogens (primary N) is 1. The van der Waals surface area contributed by atoms with E-state index in [9.17, 15) is 8.42 Å². The first kappa shape index (κ1) is 16.3. The van der Waals surface area contributed by atoms with Gasteiger partial charge in [0, 0.05) is 25.8 Å². The van der Waals surface area contributed by atoms with E-state index in [0.717, 1.165) is 25.7 Å². The molecule has 0 amide bonds. The van der Waals surface area contributed by atoms with Crippen LogP contribution in [0.1, 0.15) is 46.0 Å². The summed E-state index contributed by atoms with van der Waals surface area (Å²) < 4.78 is 28.5. The lowest BCUT2D eigenvalue weighted by atomic mass is 9.94. The Bertz CT molecular complexity index is 560. The predicted molar refractivity (Wildman–Crippen MR) is 83.3 cm³/mol. The van der Waals surface area contributed by atoms with Crippen molar-refractivity contribution in [2.45, 2.75) is 57.4 Å². The van der Waals surface area contributed by atoms with Crippen LogP contribution in [0.15, 0.2) is 11.1 Å². The molecule has 2 heterocycles. The summed E-state index contributed by atoms with van der Waals surface area (Å²) in [5.74, 6) is 0.765. The topological polar surface area (TPSA) is 81.2 Å². The van der Waals surface area contributed by atoms with Gasteiger partial charge in [0.2, 0.25) is 10.0 Å². The van der Waals surface area contributed by atoms with E-state index in [-0.39, 0.29) is 10.7 Å². The Morgan fingerprint density at radius 2 is 1.95 bits per heavy atom. The quantitative estimate of drug-likeness (QED) is 0.871. The summed E-state index contributed by atoms with van der Waals surface area (Å²) in [6, 6.07) is 0. The van der Waals surface area contributed by atoms with Gasteiger partial charge < -0.3 is 5.73 Å². The number of aromatic nitrogens is 2. The third-order valence-electron chi connectivity index (χ3n) is 4.10. The molecule has 1 aromatic heterocycles. The summed E-state index contributed by atoms with van der Waals surface area (Å²) in [7, 11) is -3.50. The van der Waals surface area contributed by atoms with Crippen molar-refractivity contribution < 1.29 is 8.42 Å². The number of aryl methyl sites for hydroxylation is 1. The molecular weight excluding hydrogens is 288 g/mol. The molecule has 7 heteroatoms. The molecule has 1 aromatic rings. The molecule has 2 rings (SSSR count). The van der Waals surface area contributed by atoms with Crippen LogP contribution in [-0.2, 0) is 16.6 Å². The average Bonchev–Trinajstić information content (AvgIpc) is 2.82. The van der Waals surface area contributed by atoms with Gasteiger partial charge in [0.15, 0.2) is 5.82 Å². The molecule has 1 fully saturated rings. The van der Waals surface area contributed by atoms with E-state index in [1.165, 1.54) is 6.42 Å². The standard InChI is InChI=1S/C14H26N4O2S/c1-3-5-12-6-9-18(10-7-12)21(19,20)13-11-17(8-4-2)16-14(13)15/h11-12H,3-10H2,1-2H3,(H2,15,16). The summed E-state index contributed by atoms with van der Waals surface area (Å²) in [6.45, 7) is 6.05. The van der Waals surface area contributed by atoms with Crippen molar-refractivity contribution in [3.63, 3.8) is 0 Å². The summed E-state index contributed by atoms with van der Waals surface area (Å²) in [5, 5.41) is 4.09. The summed E-state index contributed by atoms with van der Waals surface area (Å²) in [4.78, 5) is 0.157. The van der Waals surface area contributed by atoms with Crippen molar-refractivity contribution >= 4 is 15.8 Å². The highest BCUT2D eigenvalue weighted by atomic mass is 32.2. The lowest BCUT2D eigenvalue weighted by Gasteiger charge is -2.30. The highest BCUT2D eigenvalue weighted by Crippen LogP contribution is 2.28. The van der Waals surface area contributed by atoms with Gasteiger partial charge in [0.1, 0.15) is 4.90 Å². The van der Waals surface area contributed by atoms with Crippen molar-refractivity contribution in [1.29, 1.82) is 0 Å². The van der Waals surface area contributed by atoms with Crippen LogP contribution in [-0.4, -0.2) is 35.6 Å². The molecule has 1 aliphatic heterocycles. The highest BCUT2D eigenvalue weighted by molar-refractivity contribution is 7.89. The summed E-state index contributed by atoms with van der Waals surface area (Å²) in [5.41, 5.74) is 5.80. The third kappa shape index (κ3) is 3.58. The molecule has 6 nitrogen and oxygen atoms in total. The number of rotatable bonds is 6. The van der Waals surface area contributed by atoms with Gasteiger partial charge in [-0.1, -0.05) is 26.7 Å². The Hall–Kier alpha value is -1.08. The Morgan fingerprint density at radius 1 is 1.29 bits per heavy atom. The van der Waals surface area contributed by atoms with Gasteiger partial charge in [0.25, 0.3) is 0 Å². The van der Waals surface area contributed by atoms with Crippen molar-refractivity contribution in [2.75, 3.05) is 18.8 Å². The first-order chi connectivity index (χ1) is 9.98. The Labute approximate surface area is 127 Å². The minimum Gasteiger partial charge on any atom is -0.381 e. The molecule has 21 heavy (non-hydrogen) atoms. The zero-order valence-electron chi connectivity index (χ0n) is 13.0. The fourth-order valence-corrected chi connectivity index (χ4v) is 4.48. The zero-order chi connectivity index (χ0) is 15.5. The van der Waals surface area contributed by atoms with Gasteiger partial charge in [0.05, 0.1) is 0 Å². The number of hydrogen-bond acceptors (Lipinski definition) is 4. The normalized spacial score (nSPS) is 18.2. The van der Waals surface area contributed by atoms with E-state index in [1.807, 2.05) is 6.92 Å². The molecule has 0 unspecified atom stereocenters. The molecule has 1 aliphatic rings. The minimum absolute atomic E-state index is 0.110. The maximum absolute atomic E-state index is 12.7. The van der Waals surface area contributed by atoms with Crippen LogP contribution in [0.3, 0.4) is 0 Å². The highest BCUT2D eigenvalue weighted by Gasteiger charge is 2.31. The van der Waals surface area contributed by atoms with Crippen molar-refractivity contribution in [3.8, 4) is 0 Å². The Balaban J connectivity index is 2.12. The van der Waals surface area contributed by atoms with Crippen LogP contribution in [0.25, 0.3) is 0 Å². The van der Waals surface area contributed by atoms with Gasteiger partial charge in [-0.25, -0.2) is 8.42 Å². The monoisotopic (exact) mass is 314 g/mol. The average molecular weight is 314 g/mol. The number of piperidine rings is 1. The molecule has 2 N–H and O–H groups in total. The summed E-state index contributed by atoms with van der Waals surface area (Å²) >= 11 is 0. The van der Waals surface area contributed by atoms with Crippen LogP contribution in [0.2, 0.25) is 0 Å². The second-order valence-corrected chi connectivity index (χ2v) is 7.68. The van der Waals surface area contributed by atoms with Crippen LogP contribution in [0.5, 0.6) is 0 Å². The molecule has 0 spiro atoms. The minimum atomic E-state index is -3.50. The number of sulfonamides is 1. The SMILES string of the molecule is CCCC1CCN(S(=O)(=O)c2cn(CCC)nc2N)CC1. The number of nitrogen functional groups attached to an aromatic ring is 1. The molecule has 0 bridgehead atoms. The molecule has 0 aliphatic carbocycles. The number of nitrogens with zero attached hydrogens (tertiary/aromatic N) is 3. The Morgan fingerprint density at radius 3 is 2.52 bits per heavy atom. The van der Waals surface area contributed by atoms with E-state index in [4.69, 9.17) is 5.73 Å². The van der Waals surface area contributed by atoms with Crippen LogP contribution in [0.4, 0.5) is 5.82 Å². The maximum atomic E-state index is 12.7. The molecule has 1 saturated heterocycles. The van der Waals surface area contributed by atoms with Gasteiger partial charge in [-0.05, 0) is 25.2 Å². The van der Waals surface area contributed by atoms with E-state index < -0.39 is 10.0 Å². The van der Waals surface area contributed by atoms with Crippen molar-refractivity contribution in [3.05, 3.63) is 6.20 Å². The second kappa shape index (κ2) is 6.79. The van der Waals surface area contributed by atoms with E-state index in [2.05, 4.69) is 12.0 Å². The second-order valence-electron chi connectivity index (χ2n) is 5.78. The lowest BCUT2D eigenvalue weighted by molar-refractivity contribution is 0.262. The summed E-state index contributed by atoms with van der Waals surface area (Å²) in [6.07, 6.45) is 6.68. The fourth-order valence-electron chi connectivity index (χ4n) is 2.95. The van der Waals surface area contributed by atoms with Gasteiger partial charge in [-0.15, -0.1) is 0 Å². The third-order valence-corrected chi connectivity index (χ3v) is 6.01. The van der Waals surface area contributed by atoms with Crippen LogP contribution < -0.4 is 5.73 Å². The van der Waals surface area contributed by atoms with Crippen molar-refractivity contribution in [2.24, 2.45) is 5.92 Å². The van der Waals surface area contributed by atoms with E-state index in [1.54, 1.807) is 15.2 Å². The number of hydrogen-bond donors (Lipinski definition) is 1. The Kier molecular flexibility index (Phi) is 5.27. The molecule has 0 aromatic carbocycles. The van der Waals surface area contributed by atoms with E-state index in [0.29, 0.717) is 25.6 Å². The predicted octanol–water partition coefficient (Wildman–Crippen LogP) is 2.08. The molecular formula is C14H26N4O2S. The van der Waals surface area contributed by atoms with E-state index >= 15 is 0 Å². The zero-order valence-corrected chi connectivity index (χ0v) is 13.8. The first-order valence-electron chi connectivity index (χ1n) is 7.82. The molecule has 120 valence electrons. The van der Waals surface area contributed by atoms with Crippen molar-refractivity contribution in [1.82, 2.24) is 14.1 Å². The molecule has 0 atom stereocenters. The van der Waals surface area contributed by atoms with Gasteiger partial charge in [-0.3, -0.25) is 4.68 Å². The maximum Gasteiger partial charge on any atom is 0.248 e. The van der Waals surface area contributed by atoms with Crippen LogP contribution >= 0.6 is 0 Å². The fraction of sp³-hybridized carbons (Fsp3) is 0.786. The smallest absolute Gasteiger partial charge is 0.248 e. The largest absolute Gasteiger partial charge is 0.381 e. The van der Waals surface area contributed by atoms with Crippen LogP contribution in [0, 0.1) is 5.92 Å².